The Hall–Kier alpha value is 0.0197. The largest absolute Gasteiger partial charge is 0.631 e. The van der Waals surface area contributed by atoms with Crippen molar-refractivity contribution in [3.63, 3.8) is 0 Å². The zero-order valence-corrected chi connectivity index (χ0v) is 5.54. The van der Waals surface area contributed by atoms with Crippen LogP contribution in [-0.2, 0) is 0 Å². The van der Waals surface area contributed by atoms with Crippen LogP contribution in [0.4, 0.5) is 0 Å². The third-order valence-electron chi connectivity index (χ3n) is 0.750. The summed E-state index contributed by atoms with van der Waals surface area (Å²) in [7, 11) is 0.646. The minimum absolute atomic E-state index is 0.938. The molecule has 10 heavy (non-hydrogen) atoms. The predicted octanol–water partition coefficient (Wildman–Crippen LogP) is -5.48. The molecule has 0 atom stereocenters. The van der Waals surface area contributed by atoms with Gasteiger partial charge < -0.3 is 30.5 Å². The summed E-state index contributed by atoms with van der Waals surface area (Å²) >= 11 is 0. The minimum Gasteiger partial charge on any atom is -0.402 e. The maximum absolute atomic E-state index is 7.17. The van der Waals surface area contributed by atoms with Crippen LogP contribution in [0.3, 0.4) is 0 Å². The Bertz CT molecular complexity index is 52.5. The molecule has 0 spiro atoms. The van der Waals surface area contributed by atoms with Crippen molar-refractivity contribution in [3.8, 4) is 0 Å². The molecule has 1 saturated heterocycles. The molecule has 0 aliphatic carbocycles. The molecule has 1 rings (SSSR count). The molecular formula is H9B4N3O3. The quantitative estimate of drug-likeness (QED) is 0.189. The summed E-state index contributed by atoms with van der Waals surface area (Å²) in [6, 6.07) is 0. The molecule has 0 unspecified atom stereocenters. The van der Waals surface area contributed by atoms with E-state index in [1.807, 2.05) is 0 Å². The summed E-state index contributed by atoms with van der Waals surface area (Å²) in [4.78, 5) is 0. The van der Waals surface area contributed by atoms with E-state index in [0.29, 0.717) is 0 Å². The standard InChI is InChI=1S/B3H6N3.BH3O3/c1-4-2-6-3-5-1;2-1(3)4/h1-6H;2-4H. The van der Waals surface area contributed by atoms with E-state index in [4.69, 9.17) is 15.1 Å². The van der Waals surface area contributed by atoms with Crippen molar-refractivity contribution in [1.29, 1.82) is 0 Å². The first kappa shape index (κ1) is 10.0. The van der Waals surface area contributed by atoms with Gasteiger partial charge >= 0.3 is 7.32 Å². The second-order valence-corrected chi connectivity index (χ2v) is 1.63. The van der Waals surface area contributed by atoms with Crippen LogP contribution in [0, 0.1) is 0 Å². The Balaban J connectivity index is 0.000000180. The fraction of sp³-hybridized carbons (Fsp3) is 0. The van der Waals surface area contributed by atoms with Crippen LogP contribution in [-0.4, -0.2) is 45.0 Å². The molecule has 0 aromatic carbocycles. The maximum atomic E-state index is 7.17. The lowest BCUT2D eigenvalue weighted by Gasteiger charge is -2.08. The van der Waals surface area contributed by atoms with Crippen LogP contribution in [0.1, 0.15) is 0 Å². The third kappa shape index (κ3) is 10.9. The van der Waals surface area contributed by atoms with Gasteiger partial charge in [0.1, 0.15) is 0 Å². The van der Waals surface area contributed by atoms with Crippen molar-refractivity contribution in [2.24, 2.45) is 0 Å². The van der Waals surface area contributed by atoms with Gasteiger partial charge in [-0.1, -0.05) is 0 Å². The molecule has 1 fully saturated rings. The van der Waals surface area contributed by atoms with Crippen molar-refractivity contribution in [2.45, 2.75) is 0 Å². The van der Waals surface area contributed by atoms with E-state index in [-0.39, 0.29) is 0 Å². The molecular weight excluding hydrogens is 133 g/mol. The first-order valence-corrected chi connectivity index (χ1v) is 2.90. The zero-order chi connectivity index (χ0) is 7.82. The van der Waals surface area contributed by atoms with E-state index in [1.54, 1.807) is 0 Å². The fourth-order valence-electron chi connectivity index (χ4n) is 0.453. The summed E-state index contributed by atoms with van der Waals surface area (Å²) in [5.41, 5.74) is 0. The lowest BCUT2D eigenvalue weighted by atomic mass is 9.85. The summed E-state index contributed by atoms with van der Waals surface area (Å²) in [5.74, 6) is 0. The zero-order valence-electron chi connectivity index (χ0n) is 5.54. The average molecular weight is 142 g/mol. The van der Waals surface area contributed by atoms with Gasteiger partial charge in [-0.25, -0.2) is 0 Å². The van der Waals surface area contributed by atoms with Crippen LogP contribution in [0.25, 0.3) is 0 Å². The Morgan fingerprint density at radius 2 is 1.00 bits per heavy atom. The minimum atomic E-state index is -2.17. The number of hydrogen-bond acceptors (Lipinski definition) is 6. The van der Waals surface area contributed by atoms with Crippen LogP contribution in [0.5, 0.6) is 0 Å². The molecule has 10 heteroatoms. The summed E-state index contributed by atoms with van der Waals surface area (Å²) < 4.78 is 0. The van der Waals surface area contributed by atoms with Crippen molar-refractivity contribution < 1.29 is 15.1 Å². The van der Waals surface area contributed by atoms with Gasteiger partial charge in [0.2, 0.25) is 0 Å². The Morgan fingerprint density at radius 1 is 0.800 bits per heavy atom. The Kier molecular flexibility index (Phi) is 7.14. The van der Waals surface area contributed by atoms with Gasteiger partial charge in [-0.3, -0.25) is 0 Å². The van der Waals surface area contributed by atoms with Crippen LogP contribution in [0.15, 0.2) is 0 Å². The van der Waals surface area contributed by atoms with Crippen LogP contribution in [0.2, 0.25) is 0 Å². The maximum Gasteiger partial charge on any atom is 0.631 e. The number of hydrogen-bond donors (Lipinski definition) is 6. The Morgan fingerprint density at radius 3 is 1.10 bits per heavy atom. The van der Waals surface area contributed by atoms with E-state index in [2.05, 4.69) is 15.4 Å². The van der Waals surface area contributed by atoms with E-state index in [9.17, 15) is 0 Å². The fourth-order valence-corrected chi connectivity index (χ4v) is 0.453. The second kappa shape index (κ2) is 7.13. The molecule has 1 aliphatic rings. The third-order valence-corrected chi connectivity index (χ3v) is 0.750. The molecule has 1 heterocycles. The van der Waals surface area contributed by atoms with Gasteiger partial charge in [-0.15, -0.1) is 0 Å². The highest BCUT2D eigenvalue weighted by molar-refractivity contribution is 6.65. The van der Waals surface area contributed by atoms with E-state index in [1.165, 1.54) is 0 Å². The normalized spacial score (nSPS) is 14.7. The molecule has 6 N–H and O–H groups in total. The highest BCUT2D eigenvalue weighted by atomic mass is 16.5. The Labute approximate surface area is 61.4 Å². The summed E-state index contributed by atoms with van der Waals surface area (Å²) in [5, 5.41) is 30.7. The number of rotatable bonds is 0. The first-order valence-electron chi connectivity index (χ1n) is 2.90. The van der Waals surface area contributed by atoms with Crippen molar-refractivity contribution in [1.82, 2.24) is 15.4 Å². The second-order valence-electron chi connectivity index (χ2n) is 1.63. The number of nitrogens with one attached hydrogen (secondary N) is 3. The van der Waals surface area contributed by atoms with Crippen molar-refractivity contribution in [3.05, 3.63) is 0 Å². The summed E-state index contributed by atoms with van der Waals surface area (Å²) in [6.07, 6.45) is 0. The van der Waals surface area contributed by atoms with E-state index < -0.39 is 7.32 Å². The molecule has 0 bridgehead atoms. The van der Waals surface area contributed by atoms with Gasteiger partial charge in [0.25, 0.3) is 22.6 Å². The van der Waals surface area contributed by atoms with E-state index >= 15 is 0 Å². The molecule has 6 nitrogen and oxygen atoms in total. The molecule has 0 amide bonds. The molecule has 0 aromatic rings. The SMILES string of the molecule is B1NBNBN1.OB(O)O. The molecule has 0 aromatic heterocycles. The van der Waals surface area contributed by atoms with Crippen molar-refractivity contribution >= 4 is 30.0 Å². The van der Waals surface area contributed by atoms with E-state index in [0.717, 1.165) is 22.6 Å². The monoisotopic (exact) mass is 143 g/mol. The molecule has 0 saturated carbocycles. The van der Waals surface area contributed by atoms with Gasteiger partial charge in [0, 0.05) is 0 Å². The van der Waals surface area contributed by atoms with Gasteiger partial charge in [-0.2, -0.15) is 0 Å². The highest BCUT2D eigenvalue weighted by Gasteiger charge is 1.97. The first-order chi connectivity index (χ1) is 4.73. The molecule has 54 valence electrons. The predicted molar refractivity (Wildman–Crippen MR) is 43.3 cm³/mol. The lowest BCUT2D eigenvalue weighted by molar-refractivity contribution is 0.278. The molecule has 1 aliphatic heterocycles. The van der Waals surface area contributed by atoms with Crippen LogP contribution >= 0.6 is 0 Å². The van der Waals surface area contributed by atoms with Gasteiger partial charge in [0.05, 0.1) is 0 Å². The van der Waals surface area contributed by atoms with Gasteiger partial charge in [0.15, 0.2) is 0 Å². The summed E-state index contributed by atoms with van der Waals surface area (Å²) in [6.45, 7) is 0. The topological polar surface area (TPSA) is 96.8 Å². The highest BCUT2D eigenvalue weighted by Crippen LogP contribution is 1.46. The lowest BCUT2D eigenvalue weighted by Crippen LogP contribution is -2.55. The molecule has 0 radical (unpaired) electrons. The van der Waals surface area contributed by atoms with Crippen molar-refractivity contribution in [2.75, 3.05) is 0 Å². The smallest absolute Gasteiger partial charge is 0.402 e. The van der Waals surface area contributed by atoms with Crippen LogP contribution < -0.4 is 15.4 Å². The average Bonchev–Trinajstić information content (AvgIpc) is 1.90. The van der Waals surface area contributed by atoms with Gasteiger partial charge in [-0.05, 0) is 0 Å².